The fraction of sp³-hybridized carbons (Fsp3) is 0.200. The van der Waals surface area contributed by atoms with Crippen molar-refractivity contribution in [3.8, 4) is 0 Å². The van der Waals surface area contributed by atoms with Crippen LogP contribution < -0.4 is 11.1 Å². The summed E-state index contributed by atoms with van der Waals surface area (Å²) in [7, 11) is 0. The minimum absolute atomic E-state index is 0.0355. The molecule has 98 valence electrons. The number of carbonyl (C=O) groups excluding carboxylic acids is 1. The Balaban J connectivity index is 2.20. The van der Waals surface area contributed by atoms with Gasteiger partial charge in [0, 0.05) is 23.1 Å². The molecule has 1 aromatic carbocycles. The van der Waals surface area contributed by atoms with Crippen LogP contribution in [0.2, 0.25) is 0 Å². The van der Waals surface area contributed by atoms with Crippen LogP contribution in [0.15, 0.2) is 42.6 Å². The molecule has 4 heteroatoms. The van der Waals surface area contributed by atoms with Crippen LogP contribution in [0.5, 0.6) is 0 Å². The molecule has 2 rings (SSSR count). The lowest BCUT2D eigenvalue weighted by molar-refractivity contribution is 0.101. The summed E-state index contributed by atoms with van der Waals surface area (Å²) >= 11 is 0. The SMILES string of the molecule is CC(=O)c1cc(NC(C)c2ccccn2)ccc1N. The number of nitrogen functional groups attached to an aromatic ring is 1. The molecule has 0 radical (unpaired) electrons. The van der Waals surface area contributed by atoms with Gasteiger partial charge in [0.05, 0.1) is 11.7 Å². The van der Waals surface area contributed by atoms with Gasteiger partial charge in [-0.2, -0.15) is 0 Å². The number of hydrogen-bond acceptors (Lipinski definition) is 4. The largest absolute Gasteiger partial charge is 0.398 e. The number of anilines is 2. The van der Waals surface area contributed by atoms with Crippen molar-refractivity contribution < 1.29 is 4.79 Å². The monoisotopic (exact) mass is 255 g/mol. The lowest BCUT2D eigenvalue weighted by Gasteiger charge is -2.15. The summed E-state index contributed by atoms with van der Waals surface area (Å²) in [5.41, 5.74) is 8.62. The Morgan fingerprint density at radius 2 is 2.11 bits per heavy atom. The van der Waals surface area contributed by atoms with Crippen LogP contribution in [-0.2, 0) is 0 Å². The summed E-state index contributed by atoms with van der Waals surface area (Å²) in [5, 5.41) is 3.31. The summed E-state index contributed by atoms with van der Waals surface area (Å²) < 4.78 is 0. The van der Waals surface area contributed by atoms with Gasteiger partial charge in [0.25, 0.3) is 0 Å². The molecule has 0 aliphatic carbocycles. The molecule has 1 heterocycles. The van der Waals surface area contributed by atoms with Crippen molar-refractivity contribution >= 4 is 17.2 Å². The molecule has 0 saturated carbocycles. The van der Waals surface area contributed by atoms with Gasteiger partial charge in [-0.25, -0.2) is 0 Å². The van der Waals surface area contributed by atoms with Crippen LogP contribution >= 0.6 is 0 Å². The number of Topliss-reactive ketones (excluding diaryl/α,β-unsaturated/α-hetero) is 1. The highest BCUT2D eigenvalue weighted by atomic mass is 16.1. The highest BCUT2D eigenvalue weighted by molar-refractivity contribution is 6.00. The predicted octanol–water partition coefficient (Wildman–Crippen LogP) is 3.04. The molecular formula is C15H17N3O. The van der Waals surface area contributed by atoms with Crippen molar-refractivity contribution in [2.24, 2.45) is 0 Å². The van der Waals surface area contributed by atoms with Crippen LogP contribution in [0.1, 0.15) is 35.9 Å². The van der Waals surface area contributed by atoms with Crippen molar-refractivity contribution in [3.63, 3.8) is 0 Å². The Hall–Kier alpha value is -2.36. The molecule has 0 aliphatic heterocycles. The van der Waals surface area contributed by atoms with E-state index in [0.29, 0.717) is 11.3 Å². The van der Waals surface area contributed by atoms with E-state index in [0.717, 1.165) is 11.4 Å². The standard InChI is InChI=1S/C15H17N3O/c1-10(15-5-3-4-8-17-15)18-12-6-7-14(16)13(9-12)11(2)19/h3-10,18H,16H2,1-2H3. The second-order valence-corrected chi connectivity index (χ2v) is 4.48. The number of pyridine rings is 1. The molecule has 1 unspecified atom stereocenters. The van der Waals surface area contributed by atoms with Crippen molar-refractivity contribution in [1.29, 1.82) is 0 Å². The highest BCUT2D eigenvalue weighted by Gasteiger charge is 2.09. The first-order valence-corrected chi connectivity index (χ1v) is 6.16. The van der Waals surface area contributed by atoms with Crippen LogP contribution in [0.4, 0.5) is 11.4 Å². The second kappa shape index (κ2) is 5.52. The number of rotatable bonds is 4. The van der Waals surface area contributed by atoms with Gasteiger partial charge in [0.2, 0.25) is 0 Å². The third kappa shape index (κ3) is 3.10. The van der Waals surface area contributed by atoms with E-state index in [2.05, 4.69) is 10.3 Å². The average Bonchev–Trinajstić information content (AvgIpc) is 2.41. The van der Waals surface area contributed by atoms with E-state index in [9.17, 15) is 4.79 Å². The summed E-state index contributed by atoms with van der Waals surface area (Å²) in [6, 6.07) is 11.2. The third-order valence-electron chi connectivity index (χ3n) is 2.95. The zero-order valence-electron chi connectivity index (χ0n) is 11.1. The Morgan fingerprint density at radius 3 is 2.74 bits per heavy atom. The number of hydrogen-bond donors (Lipinski definition) is 2. The Morgan fingerprint density at radius 1 is 1.32 bits per heavy atom. The molecular weight excluding hydrogens is 238 g/mol. The topological polar surface area (TPSA) is 68.0 Å². The number of nitrogens with one attached hydrogen (secondary N) is 1. The molecule has 0 aliphatic rings. The summed E-state index contributed by atoms with van der Waals surface area (Å²) in [6.45, 7) is 3.53. The minimum Gasteiger partial charge on any atom is -0.398 e. The molecule has 2 aromatic rings. The van der Waals surface area contributed by atoms with Gasteiger partial charge in [-0.3, -0.25) is 9.78 Å². The van der Waals surface area contributed by atoms with Gasteiger partial charge in [-0.1, -0.05) is 6.07 Å². The van der Waals surface area contributed by atoms with Gasteiger partial charge in [0.1, 0.15) is 0 Å². The lowest BCUT2D eigenvalue weighted by atomic mass is 10.1. The number of aromatic nitrogens is 1. The van der Waals surface area contributed by atoms with Gasteiger partial charge < -0.3 is 11.1 Å². The number of benzene rings is 1. The first-order chi connectivity index (χ1) is 9.08. The molecule has 0 spiro atoms. The summed E-state index contributed by atoms with van der Waals surface area (Å²) in [6.07, 6.45) is 1.76. The smallest absolute Gasteiger partial charge is 0.161 e. The molecule has 0 amide bonds. The van der Waals surface area contributed by atoms with E-state index in [1.165, 1.54) is 6.92 Å². The first kappa shape index (κ1) is 13.1. The van der Waals surface area contributed by atoms with Gasteiger partial charge in [0.15, 0.2) is 5.78 Å². The summed E-state index contributed by atoms with van der Waals surface area (Å²) in [5.74, 6) is -0.0355. The molecule has 0 fully saturated rings. The molecule has 0 bridgehead atoms. The van der Waals surface area contributed by atoms with Crippen LogP contribution in [0.3, 0.4) is 0 Å². The molecule has 19 heavy (non-hydrogen) atoms. The zero-order valence-corrected chi connectivity index (χ0v) is 11.1. The summed E-state index contributed by atoms with van der Waals surface area (Å²) in [4.78, 5) is 15.7. The molecule has 3 N–H and O–H groups in total. The van der Waals surface area contributed by atoms with E-state index in [-0.39, 0.29) is 11.8 Å². The predicted molar refractivity (Wildman–Crippen MR) is 77.1 cm³/mol. The number of carbonyl (C=O) groups is 1. The molecule has 1 atom stereocenters. The molecule has 0 saturated heterocycles. The number of nitrogens with two attached hydrogens (primary N) is 1. The lowest BCUT2D eigenvalue weighted by Crippen LogP contribution is -2.09. The van der Waals surface area contributed by atoms with E-state index < -0.39 is 0 Å². The number of nitrogens with zero attached hydrogens (tertiary/aromatic N) is 1. The van der Waals surface area contributed by atoms with Crippen molar-refractivity contribution in [2.75, 3.05) is 11.1 Å². The van der Waals surface area contributed by atoms with Gasteiger partial charge in [-0.15, -0.1) is 0 Å². The highest BCUT2D eigenvalue weighted by Crippen LogP contribution is 2.22. The van der Waals surface area contributed by atoms with Gasteiger partial charge >= 0.3 is 0 Å². The first-order valence-electron chi connectivity index (χ1n) is 6.16. The van der Waals surface area contributed by atoms with E-state index in [1.807, 2.05) is 31.2 Å². The second-order valence-electron chi connectivity index (χ2n) is 4.48. The third-order valence-corrected chi connectivity index (χ3v) is 2.95. The fourth-order valence-electron chi connectivity index (χ4n) is 1.91. The Labute approximate surface area is 112 Å². The maximum Gasteiger partial charge on any atom is 0.161 e. The van der Waals surface area contributed by atoms with Crippen LogP contribution in [0.25, 0.3) is 0 Å². The van der Waals surface area contributed by atoms with Crippen molar-refractivity contribution in [3.05, 3.63) is 53.9 Å². The fourth-order valence-corrected chi connectivity index (χ4v) is 1.91. The minimum atomic E-state index is -0.0355. The molecule has 1 aromatic heterocycles. The maximum atomic E-state index is 11.5. The van der Waals surface area contributed by atoms with E-state index in [1.54, 1.807) is 18.3 Å². The van der Waals surface area contributed by atoms with E-state index >= 15 is 0 Å². The van der Waals surface area contributed by atoms with E-state index in [4.69, 9.17) is 5.73 Å². The quantitative estimate of drug-likeness (QED) is 0.651. The van der Waals surface area contributed by atoms with Crippen LogP contribution in [-0.4, -0.2) is 10.8 Å². The van der Waals surface area contributed by atoms with Crippen LogP contribution in [0, 0.1) is 0 Å². The number of ketones is 1. The molecule has 4 nitrogen and oxygen atoms in total. The normalized spacial score (nSPS) is 11.9. The van der Waals surface area contributed by atoms with Crippen molar-refractivity contribution in [1.82, 2.24) is 4.98 Å². The van der Waals surface area contributed by atoms with Crippen molar-refractivity contribution in [2.45, 2.75) is 19.9 Å². The Bertz CT molecular complexity index is 581. The Kier molecular flexibility index (Phi) is 3.80. The average molecular weight is 255 g/mol. The zero-order chi connectivity index (χ0) is 13.8. The maximum absolute atomic E-state index is 11.5. The van der Waals surface area contributed by atoms with Gasteiger partial charge in [-0.05, 0) is 44.2 Å².